The Morgan fingerprint density at radius 1 is 1.00 bits per heavy atom. The smallest absolute Gasteiger partial charge is 0.184 e. The van der Waals surface area contributed by atoms with E-state index in [4.69, 9.17) is 23.7 Å². The van der Waals surface area contributed by atoms with Crippen LogP contribution in [-0.2, 0) is 23.7 Å². The lowest BCUT2D eigenvalue weighted by Crippen LogP contribution is -2.47. The molecular weight excluding hydrogens is 240 g/mol. The number of methoxy groups -OCH3 is 2. The summed E-state index contributed by atoms with van der Waals surface area (Å²) in [7, 11) is 3.29. The van der Waals surface area contributed by atoms with E-state index in [2.05, 4.69) is 0 Å². The number of hydrogen-bond donors (Lipinski definition) is 1. The van der Waals surface area contributed by atoms with Gasteiger partial charge >= 0.3 is 0 Å². The third-order valence-electron chi connectivity index (χ3n) is 3.36. The molecule has 18 heavy (non-hydrogen) atoms. The molecule has 106 valence electrons. The summed E-state index contributed by atoms with van der Waals surface area (Å²) < 4.78 is 27.3. The van der Waals surface area contributed by atoms with Gasteiger partial charge < -0.3 is 28.8 Å². The lowest BCUT2D eigenvalue weighted by atomic mass is 10.1. The highest BCUT2D eigenvalue weighted by atomic mass is 16.7. The first-order chi connectivity index (χ1) is 8.72. The summed E-state index contributed by atoms with van der Waals surface area (Å²) in [6.45, 7) is 1.36. The Kier molecular flexibility index (Phi) is 5.35. The minimum atomic E-state index is -0.458. The summed E-state index contributed by atoms with van der Waals surface area (Å²) in [5, 5.41) is 9.52. The molecule has 0 radical (unpaired) electrons. The van der Waals surface area contributed by atoms with Crippen molar-refractivity contribution in [2.75, 3.05) is 34.0 Å². The third kappa shape index (κ3) is 3.63. The fraction of sp³-hybridized carbons (Fsp3) is 1.00. The maximum Gasteiger partial charge on any atom is 0.184 e. The van der Waals surface area contributed by atoms with E-state index in [1.165, 1.54) is 0 Å². The Labute approximate surface area is 107 Å². The van der Waals surface area contributed by atoms with Crippen LogP contribution in [0.1, 0.15) is 12.8 Å². The summed E-state index contributed by atoms with van der Waals surface area (Å²) in [6, 6.07) is 0. The molecule has 0 aromatic carbocycles. The number of aliphatic hydroxyl groups is 1. The lowest BCUT2D eigenvalue weighted by molar-refractivity contribution is -0.272. The number of hydrogen-bond acceptors (Lipinski definition) is 6. The molecule has 6 nitrogen and oxygen atoms in total. The molecule has 0 amide bonds. The normalized spacial score (nSPS) is 41.8. The van der Waals surface area contributed by atoms with Crippen LogP contribution < -0.4 is 0 Å². The molecule has 0 aromatic rings. The molecule has 2 heterocycles. The van der Waals surface area contributed by atoms with Gasteiger partial charge in [0, 0.05) is 27.1 Å². The SMILES string of the molecule is COC1COC(OC2COCC(O)C2)C(OC)C1. The molecule has 2 aliphatic rings. The largest absolute Gasteiger partial charge is 0.391 e. The van der Waals surface area contributed by atoms with Crippen LogP contribution in [0.15, 0.2) is 0 Å². The lowest BCUT2D eigenvalue weighted by Gasteiger charge is -2.37. The third-order valence-corrected chi connectivity index (χ3v) is 3.36. The van der Waals surface area contributed by atoms with E-state index in [0.29, 0.717) is 26.2 Å². The van der Waals surface area contributed by atoms with Gasteiger partial charge in [0.25, 0.3) is 0 Å². The Bertz CT molecular complexity index is 249. The monoisotopic (exact) mass is 262 g/mol. The van der Waals surface area contributed by atoms with E-state index < -0.39 is 12.4 Å². The highest BCUT2D eigenvalue weighted by molar-refractivity contribution is 4.78. The van der Waals surface area contributed by atoms with Crippen LogP contribution in [0, 0.1) is 0 Å². The molecule has 2 saturated heterocycles. The summed E-state index contributed by atoms with van der Waals surface area (Å²) in [4.78, 5) is 0. The van der Waals surface area contributed by atoms with Crippen LogP contribution in [-0.4, -0.2) is 69.9 Å². The number of aliphatic hydroxyl groups excluding tert-OH is 1. The molecular formula is C12H22O6. The summed E-state index contributed by atoms with van der Waals surface area (Å²) in [5.74, 6) is 0. The fourth-order valence-corrected chi connectivity index (χ4v) is 2.31. The van der Waals surface area contributed by atoms with Crippen LogP contribution in [0.5, 0.6) is 0 Å². The van der Waals surface area contributed by atoms with E-state index in [1.807, 2.05) is 0 Å². The zero-order valence-electron chi connectivity index (χ0n) is 10.9. The minimum Gasteiger partial charge on any atom is -0.391 e. The topological polar surface area (TPSA) is 66.4 Å². The van der Waals surface area contributed by atoms with Gasteiger partial charge in [-0.3, -0.25) is 0 Å². The molecule has 0 aromatic heterocycles. The van der Waals surface area contributed by atoms with Gasteiger partial charge in [0.2, 0.25) is 0 Å². The summed E-state index contributed by atoms with van der Waals surface area (Å²) in [6.07, 6.45) is 0.194. The van der Waals surface area contributed by atoms with Gasteiger partial charge in [-0.25, -0.2) is 0 Å². The van der Waals surface area contributed by atoms with Gasteiger partial charge in [-0.2, -0.15) is 0 Å². The Balaban J connectivity index is 1.84. The molecule has 5 unspecified atom stereocenters. The Morgan fingerprint density at radius 3 is 2.50 bits per heavy atom. The van der Waals surface area contributed by atoms with Gasteiger partial charge in [0.1, 0.15) is 6.10 Å². The number of ether oxygens (including phenoxy) is 5. The van der Waals surface area contributed by atoms with Crippen molar-refractivity contribution in [1.29, 1.82) is 0 Å². The van der Waals surface area contributed by atoms with Crippen LogP contribution in [0.25, 0.3) is 0 Å². The van der Waals surface area contributed by atoms with Crippen molar-refractivity contribution in [1.82, 2.24) is 0 Å². The highest BCUT2D eigenvalue weighted by Gasteiger charge is 2.35. The van der Waals surface area contributed by atoms with Crippen molar-refractivity contribution in [2.24, 2.45) is 0 Å². The van der Waals surface area contributed by atoms with Gasteiger partial charge in [0.15, 0.2) is 6.29 Å². The van der Waals surface area contributed by atoms with Crippen molar-refractivity contribution in [3.8, 4) is 0 Å². The molecule has 0 aliphatic carbocycles. The molecule has 1 N–H and O–H groups in total. The molecule has 0 spiro atoms. The maximum atomic E-state index is 9.52. The van der Waals surface area contributed by atoms with Crippen molar-refractivity contribution in [2.45, 2.75) is 43.5 Å². The zero-order valence-corrected chi connectivity index (χ0v) is 10.9. The predicted octanol–water partition coefficient (Wildman–Crippen LogP) is -0.0708. The maximum absolute atomic E-state index is 9.52. The van der Waals surface area contributed by atoms with Gasteiger partial charge in [0.05, 0.1) is 38.1 Å². The first kappa shape index (κ1) is 14.2. The zero-order chi connectivity index (χ0) is 13.0. The van der Waals surface area contributed by atoms with E-state index in [0.717, 1.165) is 6.42 Å². The standard InChI is InChI=1S/C12H22O6/c1-14-9-4-11(15-2)12(17-7-9)18-10-3-8(13)5-16-6-10/h8-13H,3-7H2,1-2H3. The minimum absolute atomic E-state index is 0.0444. The van der Waals surface area contributed by atoms with Crippen LogP contribution >= 0.6 is 0 Å². The van der Waals surface area contributed by atoms with Crippen LogP contribution in [0.2, 0.25) is 0 Å². The average Bonchev–Trinajstić information content (AvgIpc) is 2.39. The molecule has 0 bridgehead atoms. The summed E-state index contributed by atoms with van der Waals surface area (Å²) >= 11 is 0. The quantitative estimate of drug-likeness (QED) is 0.765. The predicted molar refractivity (Wildman–Crippen MR) is 62.3 cm³/mol. The van der Waals surface area contributed by atoms with Crippen molar-refractivity contribution >= 4 is 0 Å². The summed E-state index contributed by atoms with van der Waals surface area (Å²) in [5.41, 5.74) is 0. The molecule has 2 fully saturated rings. The first-order valence-corrected chi connectivity index (χ1v) is 6.31. The van der Waals surface area contributed by atoms with Crippen molar-refractivity contribution in [3.05, 3.63) is 0 Å². The van der Waals surface area contributed by atoms with Gasteiger partial charge in [-0.15, -0.1) is 0 Å². The van der Waals surface area contributed by atoms with Crippen molar-refractivity contribution in [3.63, 3.8) is 0 Å². The van der Waals surface area contributed by atoms with E-state index >= 15 is 0 Å². The Morgan fingerprint density at radius 2 is 1.83 bits per heavy atom. The van der Waals surface area contributed by atoms with Gasteiger partial charge in [-0.05, 0) is 0 Å². The molecule has 2 rings (SSSR count). The molecule has 5 atom stereocenters. The second-order valence-corrected chi connectivity index (χ2v) is 4.75. The van der Waals surface area contributed by atoms with E-state index in [9.17, 15) is 5.11 Å². The fourth-order valence-electron chi connectivity index (χ4n) is 2.31. The number of rotatable bonds is 4. The van der Waals surface area contributed by atoms with E-state index in [-0.39, 0.29) is 18.3 Å². The Hall–Kier alpha value is -0.240. The average molecular weight is 262 g/mol. The second kappa shape index (κ2) is 6.79. The molecule has 2 aliphatic heterocycles. The second-order valence-electron chi connectivity index (χ2n) is 4.75. The van der Waals surface area contributed by atoms with Crippen LogP contribution in [0.3, 0.4) is 0 Å². The van der Waals surface area contributed by atoms with Crippen LogP contribution in [0.4, 0.5) is 0 Å². The first-order valence-electron chi connectivity index (χ1n) is 6.31. The van der Waals surface area contributed by atoms with Crippen molar-refractivity contribution < 1.29 is 28.8 Å². The molecule has 6 heteroatoms. The molecule has 0 saturated carbocycles. The van der Waals surface area contributed by atoms with Gasteiger partial charge in [-0.1, -0.05) is 0 Å². The van der Waals surface area contributed by atoms with E-state index in [1.54, 1.807) is 14.2 Å². The highest BCUT2D eigenvalue weighted by Crippen LogP contribution is 2.23.